The highest BCUT2D eigenvalue weighted by Gasteiger charge is 2.32. The minimum Gasteiger partial charge on any atom is -0.403 e. The molecule has 0 aliphatic carbocycles. The molecule has 0 aromatic heterocycles. The molecule has 2 aromatic carbocycles. The molecule has 0 N–H and O–H groups in total. The third-order valence-corrected chi connectivity index (χ3v) is 4.39. The molecule has 1 fully saturated rings. The number of hydrogen-bond acceptors (Lipinski definition) is 4. The molecule has 1 saturated heterocycles. The van der Waals surface area contributed by atoms with Gasteiger partial charge in [-0.25, -0.2) is 4.57 Å². The van der Waals surface area contributed by atoms with E-state index in [2.05, 4.69) is 0 Å². The molecule has 0 saturated carbocycles. The van der Waals surface area contributed by atoms with Crippen molar-refractivity contribution < 1.29 is 18.1 Å². The second kappa shape index (κ2) is 5.80. The minimum absolute atomic E-state index is 0.394. The number of rotatable bonds is 3. The fourth-order valence-electron chi connectivity index (χ4n) is 2.02. The summed E-state index contributed by atoms with van der Waals surface area (Å²) in [5, 5.41) is 0. The van der Waals surface area contributed by atoms with Crippen molar-refractivity contribution in [2.24, 2.45) is 0 Å². The highest BCUT2D eigenvalue weighted by atomic mass is 31.2. The molecule has 5 heteroatoms. The molecule has 3 rings (SSSR count). The van der Waals surface area contributed by atoms with Crippen LogP contribution in [0.4, 0.5) is 0 Å². The minimum atomic E-state index is -3.48. The van der Waals surface area contributed by atoms with Gasteiger partial charge in [0.25, 0.3) is 0 Å². The molecule has 1 aliphatic heterocycles. The zero-order valence-electron chi connectivity index (χ0n) is 10.9. The van der Waals surface area contributed by atoms with Crippen LogP contribution in [0.3, 0.4) is 0 Å². The van der Waals surface area contributed by atoms with Crippen LogP contribution in [0.25, 0.3) is 11.1 Å². The van der Waals surface area contributed by atoms with E-state index >= 15 is 0 Å². The Bertz CT molecular complexity index is 617. The summed E-state index contributed by atoms with van der Waals surface area (Å²) >= 11 is 0. The van der Waals surface area contributed by atoms with Crippen molar-refractivity contribution >= 4 is 7.82 Å². The molecule has 20 heavy (non-hydrogen) atoms. The molecule has 0 bridgehead atoms. The first kappa shape index (κ1) is 13.4. The van der Waals surface area contributed by atoms with Crippen molar-refractivity contribution in [3.8, 4) is 16.9 Å². The standard InChI is InChI=1S/C15H15O4P/c16-20(17-11-6-12-18-20)19-15-10-5-4-9-14(15)13-7-2-1-3-8-13/h1-5,7-10H,6,11-12H2. The first-order chi connectivity index (χ1) is 9.77. The van der Waals surface area contributed by atoms with Crippen LogP contribution in [0.5, 0.6) is 5.75 Å². The van der Waals surface area contributed by atoms with Gasteiger partial charge < -0.3 is 4.52 Å². The third kappa shape index (κ3) is 2.93. The predicted octanol–water partition coefficient (Wildman–Crippen LogP) is 4.28. The van der Waals surface area contributed by atoms with Crippen LogP contribution < -0.4 is 4.52 Å². The number of phosphoric ester groups is 1. The quantitative estimate of drug-likeness (QED) is 0.791. The van der Waals surface area contributed by atoms with E-state index in [9.17, 15) is 4.57 Å². The smallest absolute Gasteiger partial charge is 0.403 e. The summed E-state index contributed by atoms with van der Waals surface area (Å²) in [6, 6.07) is 17.2. The number of hydrogen-bond donors (Lipinski definition) is 0. The molecule has 0 amide bonds. The summed E-state index contributed by atoms with van der Waals surface area (Å²) in [4.78, 5) is 0. The molecule has 0 spiro atoms. The summed E-state index contributed by atoms with van der Waals surface area (Å²) in [5.41, 5.74) is 1.85. The topological polar surface area (TPSA) is 44.8 Å². The zero-order chi connectivity index (χ0) is 13.8. The van der Waals surface area contributed by atoms with Crippen LogP contribution in [0.2, 0.25) is 0 Å². The van der Waals surface area contributed by atoms with Gasteiger partial charge in [0.15, 0.2) is 0 Å². The maximum absolute atomic E-state index is 12.3. The Morgan fingerprint density at radius 1 is 0.900 bits per heavy atom. The monoisotopic (exact) mass is 290 g/mol. The largest absolute Gasteiger partial charge is 0.530 e. The first-order valence-corrected chi connectivity index (χ1v) is 7.96. The second-order valence-electron chi connectivity index (χ2n) is 4.42. The van der Waals surface area contributed by atoms with Crippen molar-refractivity contribution in [2.45, 2.75) is 6.42 Å². The molecule has 0 unspecified atom stereocenters. The lowest BCUT2D eigenvalue weighted by Gasteiger charge is -2.23. The lowest BCUT2D eigenvalue weighted by Crippen LogP contribution is -2.12. The summed E-state index contributed by atoms with van der Waals surface area (Å²) in [6.45, 7) is 0.787. The van der Waals surface area contributed by atoms with Gasteiger partial charge >= 0.3 is 7.82 Å². The lowest BCUT2D eigenvalue weighted by atomic mass is 10.1. The predicted molar refractivity (Wildman–Crippen MR) is 76.6 cm³/mol. The van der Waals surface area contributed by atoms with Gasteiger partial charge in [-0.15, -0.1) is 0 Å². The SMILES string of the molecule is O=P1(Oc2ccccc2-c2ccccc2)OCCCO1. The van der Waals surface area contributed by atoms with E-state index < -0.39 is 7.82 Å². The fraction of sp³-hybridized carbons (Fsp3) is 0.200. The van der Waals surface area contributed by atoms with E-state index in [-0.39, 0.29) is 0 Å². The van der Waals surface area contributed by atoms with Crippen molar-refractivity contribution in [1.29, 1.82) is 0 Å². The average molecular weight is 290 g/mol. The Morgan fingerprint density at radius 2 is 1.55 bits per heavy atom. The molecule has 0 radical (unpaired) electrons. The number of para-hydroxylation sites is 1. The molecular weight excluding hydrogens is 275 g/mol. The van der Waals surface area contributed by atoms with Gasteiger partial charge in [-0.1, -0.05) is 48.5 Å². The van der Waals surface area contributed by atoms with E-state index in [1.54, 1.807) is 6.07 Å². The normalized spacial score (nSPS) is 17.6. The second-order valence-corrected chi connectivity index (χ2v) is 6.01. The van der Waals surface area contributed by atoms with E-state index in [1.165, 1.54) is 0 Å². The van der Waals surface area contributed by atoms with E-state index in [4.69, 9.17) is 13.6 Å². The summed E-state index contributed by atoms with van der Waals surface area (Å²) in [6.07, 6.45) is 0.730. The molecule has 1 heterocycles. The van der Waals surface area contributed by atoms with Gasteiger partial charge in [-0.3, -0.25) is 9.05 Å². The maximum atomic E-state index is 12.3. The van der Waals surface area contributed by atoms with Gasteiger partial charge in [-0.2, -0.15) is 0 Å². The summed E-state index contributed by atoms with van der Waals surface area (Å²) < 4.78 is 28.2. The Kier molecular flexibility index (Phi) is 3.88. The van der Waals surface area contributed by atoms with Gasteiger partial charge in [0.1, 0.15) is 5.75 Å². The van der Waals surface area contributed by atoms with Crippen LogP contribution >= 0.6 is 7.82 Å². The molecule has 2 aromatic rings. The average Bonchev–Trinajstić information content (AvgIpc) is 2.49. The van der Waals surface area contributed by atoms with Crippen LogP contribution in [0.1, 0.15) is 6.42 Å². The fourth-order valence-corrected chi connectivity index (χ4v) is 3.31. The lowest BCUT2D eigenvalue weighted by molar-refractivity contribution is 0.107. The highest BCUT2D eigenvalue weighted by molar-refractivity contribution is 7.49. The highest BCUT2D eigenvalue weighted by Crippen LogP contribution is 2.53. The zero-order valence-corrected chi connectivity index (χ0v) is 11.8. The molecule has 1 aliphatic rings. The van der Waals surface area contributed by atoms with Crippen LogP contribution in [-0.4, -0.2) is 13.2 Å². The van der Waals surface area contributed by atoms with Crippen LogP contribution in [0.15, 0.2) is 54.6 Å². The molecular formula is C15H15O4P. The van der Waals surface area contributed by atoms with Crippen molar-refractivity contribution in [1.82, 2.24) is 0 Å². The van der Waals surface area contributed by atoms with Gasteiger partial charge in [0, 0.05) is 5.56 Å². The van der Waals surface area contributed by atoms with Crippen LogP contribution in [0, 0.1) is 0 Å². The van der Waals surface area contributed by atoms with E-state index in [0.717, 1.165) is 17.5 Å². The first-order valence-electron chi connectivity index (χ1n) is 6.50. The van der Waals surface area contributed by atoms with Crippen molar-refractivity contribution in [3.63, 3.8) is 0 Å². The maximum Gasteiger partial charge on any atom is 0.530 e. The van der Waals surface area contributed by atoms with Crippen molar-refractivity contribution in [3.05, 3.63) is 54.6 Å². The number of benzene rings is 2. The summed E-state index contributed by atoms with van der Waals surface area (Å²) in [5.74, 6) is 0.504. The van der Waals surface area contributed by atoms with Gasteiger partial charge in [0.2, 0.25) is 0 Å². The Morgan fingerprint density at radius 3 is 2.30 bits per heavy atom. The van der Waals surface area contributed by atoms with Crippen LogP contribution in [-0.2, 0) is 13.6 Å². The van der Waals surface area contributed by atoms with E-state index in [1.807, 2.05) is 48.5 Å². The Hall–Kier alpha value is -1.61. The number of phosphoric acid groups is 1. The Labute approximate surface area is 117 Å². The van der Waals surface area contributed by atoms with E-state index in [0.29, 0.717) is 19.0 Å². The van der Waals surface area contributed by atoms with Gasteiger partial charge in [-0.05, 0) is 18.1 Å². The van der Waals surface area contributed by atoms with Gasteiger partial charge in [0.05, 0.1) is 13.2 Å². The summed E-state index contributed by atoms with van der Waals surface area (Å²) in [7, 11) is -3.48. The van der Waals surface area contributed by atoms with Crippen molar-refractivity contribution in [2.75, 3.05) is 13.2 Å². The Balaban J connectivity index is 1.92. The molecule has 0 atom stereocenters. The molecule has 104 valence electrons. The molecule has 4 nitrogen and oxygen atoms in total. The third-order valence-electron chi connectivity index (χ3n) is 2.97.